The maximum Gasteiger partial charge on any atom is 0.279 e. The molecule has 2 rings (SSSR count). The van der Waals surface area contributed by atoms with Crippen LogP contribution in [0.15, 0.2) is 0 Å². The van der Waals surface area contributed by atoms with Crippen molar-refractivity contribution in [2.75, 3.05) is 25.4 Å². The summed E-state index contributed by atoms with van der Waals surface area (Å²) in [6, 6.07) is -0.100. The van der Waals surface area contributed by atoms with Crippen molar-refractivity contribution in [1.29, 1.82) is 0 Å². The number of amides is 2. The fraction of sp³-hybridized carbons (Fsp3) is 0.778. The number of nitrogens with zero attached hydrogens (tertiary/aromatic N) is 1. The van der Waals surface area contributed by atoms with Gasteiger partial charge in [-0.3, -0.25) is 9.59 Å². The van der Waals surface area contributed by atoms with E-state index in [0.717, 1.165) is 19.6 Å². The van der Waals surface area contributed by atoms with Crippen molar-refractivity contribution < 1.29 is 9.59 Å². The van der Waals surface area contributed by atoms with Gasteiger partial charge >= 0.3 is 0 Å². The molecule has 2 N–H and O–H groups in total. The molecule has 0 aromatic rings. The standard InChI is InChI=1S/C9H15N3O2S/c1-6-4-10-2-3-12(6)8(13)7-5-15-9(14)11-7/h6-7,10H,2-5H2,1H3,(H,11,14)/t6-,7+/m1/s1. The van der Waals surface area contributed by atoms with E-state index in [2.05, 4.69) is 10.6 Å². The first-order valence-electron chi connectivity index (χ1n) is 5.13. The zero-order valence-corrected chi connectivity index (χ0v) is 9.47. The summed E-state index contributed by atoms with van der Waals surface area (Å²) < 4.78 is 0. The van der Waals surface area contributed by atoms with Crippen LogP contribution in [0.2, 0.25) is 0 Å². The van der Waals surface area contributed by atoms with Gasteiger partial charge in [-0.25, -0.2) is 0 Å². The number of thioether (sulfide) groups is 1. The van der Waals surface area contributed by atoms with Crippen LogP contribution in [-0.2, 0) is 4.79 Å². The Balaban J connectivity index is 1.97. The Hall–Kier alpha value is -0.750. The van der Waals surface area contributed by atoms with Gasteiger partial charge in [-0.15, -0.1) is 0 Å². The number of hydrogen-bond donors (Lipinski definition) is 2. The number of carbonyl (C=O) groups is 2. The SMILES string of the molecule is C[C@@H]1CNCCN1C(=O)[C@@H]1CSC(=O)N1. The number of carbonyl (C=O) groups excluding carboxylic acids is 2. The highest BCUT2D eigenvalue weighted by molar-refractivity contribution is 8.14. The minimum atomic E-state index is -0.317. The van der Waals surface area contributed by atoms with Crippen molar-refractivity contribution in [2.24, 2.45) is 0 Å². The zero-order valence-electron chi connectivity index (χ0n) is 8.66. The van der Waals surface area contributed by atoms with Crippen molar-refractivity contribution in [3.8, 4) is 0 Å². The van der Waals surface area contributed by atoms with E-state index in [1.165, 1.54) is 11.8 Å². The third-order valence-corrected chi connectivity index (χ3v) is 3.64. The summed E-state index contributed by atoms with van der Waals surface area (Å²) in [5.74, 6) is 0.622. The third kappa shape index (κ3) is 2.26. The van der Waals surface area contributed by atoms with Gasteiger partial charge in [0.25, 0.3) is 5.24 Å². The fourth-order valence-electron chi connectivity index (χ4n) is 1.89. The highest BCUT2D eigenvalue weighted by Crippen LogP contribution is 2.16. The third-order valence-electron chi connectivity index (χ3n) is 2.76. The molecule has 2 fully saturated rings. The largest absolute Gasteiger partial charge is 0.336 e. The second kappa shape index (κ2) is 4.40. The van der Waals surface area contributed by atoms with Crippen LogP contribution >= 0.6 is 11.8 Å². The van der Waals surface area contributed by atoms with Crippen LogP contribution in [0.25, 0.3) is 0 Å². The van der Waals surface area contributed by atoms with Crippen LogP contribution in [0.4, 0.5) is 4.79 Å². The molecule has 2 aliphatic rings. The molecule has 6 heteroatoms. The summed E-state index contributed by atoms with van der Waals surface area (Å²) in [6.07, 6.45) is 0. The molecule has 0 bridgehead atoms. The van der Waals surface area contributed by atoms with Crippen molar-refractivity contribution in [3.63, 3.8) is 0 Å². The molecular weight excluding hydrogens is 214 g/mol. The quantitative estimate of drug-likeness (QED) is 0.644. The lowest BCUT2D eigenvalue weighted by Gasteiger charge is -2.35. The molecular formula is C9H15N3O2S. The summed E-state index contributed by atoms with van der Waals surface area (Å²) in [5, 5.41) is 5.83. The van der Waals surface area contributed by atoms with Crippen LogP contribution < -0.4 is 10.6 Å². The molecule has 5 nitrogen and oxygen atoms in total. The predicted molar refractivity (Wildman–Crippen MR) is 58.8 cm³/mol. The second-order valence-corrected chi connectivity index (χ2v) is 4.87. The van der Waals surface area contributed by atoms with Gasteiger partial charge in [-0.05, 0) is 6.92 Å². The minimum Gasteiger partial charge on any atom is -0.336 e. The smallest absolute Gasteiger partial charge is 0.279 e. The predicted octanol–water partition coefficient (Wildman–Crippen LogP) is -0.368. The Morgan fingerprint density at radius 3 is 3.00 bits per heavy atom. The summed E-state index contributed by atoms with van der Waals surface area (Å²) in [5.41, 5.74) is 0. The Morgan fingerprint density at radius 1 is 1.60 bits per heavy atom. The van der Waals surface area contributed by atoms with Crippen LogP contribution in [-0.4, -0.2) is 53.5 Å². The molecule has 2 saturated heterocycles. The number of piperazine rings is 1. The Morgan fingerprint density at radius 2 is 2.40 bits per heavy atom. The highest BCUT2D eigenvalue weighted by Gasteiger charge is 2.33. The van der Waals surface area contributed by atoms with Crippen molar-refractivity contribution in [1.82, 2.24) is 15.5 Å². The van der Waals surface area contributed by atoms with Crippen LogP contribution in [0.1, 0.15) is 6.92 Å². The van der Waals surface area contributed by atoms with Gasteiger partial charge in [0.2, 0.25) is 5.91 Å². The molecule has 84 valence electrons. The molecule has 0 radical (unpaired) electrons. The number of hydrogen-bond acceptors (Lipinski definition) is 4. The fourth-order valence-corrected chi connectivity index (χ4v) is 2.66. The van der Waals surface area contributed by atoms with Gasteiger partial charge in [0.05, 0.1) is 0 Å². The van der Waals surface area contributed by atoms with Crippen molar-refractivity contribution in [3.05, 3.63) is 0 Å². The molecule has 0 saturated carbocycles. The summed E-state index contributed by atoms with van der Waals surface area (Å²) >= 11 is 1.19. The van der Waals surface area contributed by atoms with E-state index < -0.39 is 0 Å². The molecule has 2 amide bonds. The van der Waals surface area contributed by atoms with Crippen molar-refractivity contribution >= 4 is 22.9 Å². The Bertz CT molecular complexity index is 285. The van der Waals surface area contributed by atoms with E-state index in [9.17, 15) is 9.59 Å². The van der Waals surface area contributed by atoms with Gasteiger partial charge in [0, 0.05) is 31.4 Å². The maximum atomic E-state index is 12.0. The van der Waals surface area contributed by atoms with Gasteiger partial charge < -0.3 is 15.5 Å². The molecule has 15 heavy (non-hydrogen) atoms. The lowest BCUT2D eigenvalue weighted by Crippen LogP contribution is -2.56. The van der Waals surface area contributed by atoms with E-state index in [1.807, 2.05) is 11.8 Å². The van der Waals surface area contributed by atoms with E-state index in [1.54, 1.807) is 0 Å². The molecule has 0 aromatic heterocycles. The molecule has 0 unspecified atom stereocenters. The minimum absolute atomic E-state index is 0.0577. The first kappa shape index (κ1) is 10.8. The topological polar surface area (TPSA) is 61.4 Å². The lowest BCUT2D eigenvalue weighted by molar-refractivity contribution is -0.135. The van der Waals surface area contributed by atoms with Gasteiger partial charge in [-0.1, -0.05) is 11.8 Å². The van der Waals surface area contributed by atoms with Crippen LogP contribution in [0.5, 0.6) is 0 Å². The van der Waals surface area contributed by atoms with Crippen LogP contribution in [0, 0.1) is 0 Å². The average Bonchev–Trinajstić information content (AvgIpc) is 2.65. The first-order valence-corrected chi connectivity index (χ1v) is 6.11. The van der Waals surface area contributed by atoms with Gasteiger partial charge in [0.1, 0.15) is 6.04 Å². The summed E-state index contributed by atoms with van der Waals surface area (Å²) in [7, 11) is 0. The average molecular weight is 229 g/mol. The molecule has 0 spiro atoms. The van der Waals surface area contributed by atoms with E-state index in [-0.39, 0.29) is 23.2 Å². The number of nitrogens with one attached hydrogen (secondary N) is 2. The number of rotatable bonds is 1. The highest BCUT2D eigenvalue weighted by atomic mass is 32.2. The van der Waals surface area contributed by atoms with E-state index >= 15 is 0 Å². The van der Waals surface area contributed by atoms with Crippen molar-refractivity contribution in [2.45, 2.75) is 19.0 Å². The normalized spacial score (nSPS) is 31.5. The van der Waals surface area contributed by atoms with Crippen LogP contribution in [0.3, 0.4) is 0 Å². The summed E-state index contributed by atoms with van der Waals surface area (Å²) in [4.78, 5) is 24.9. The van der Waals surface area contributed by atoms with Gasteiger partial charge in [0.15, 0.2) is 0 Å². The molecule has 2 aliphatic heterocycles. The summed E-state index contributed by atoms with van der Waals surface area (Å²) in [6.45, 7) is 4.43. The molecule has 0 aromatic carbocycles. The maximum absolute atomic E-state index is 12.0. The Kier molecular flexibility index (Phi) is 3.16. The van der Waals surface area contributed by atoms with E-state index in [4.69, 9.17) is 0 Å². The first-order chi connectivity index (χ1) is 7.18. The lowest BCUT2D eigenvalue weighted by atomic mass is 10.2. The van der Waals surface area contributed by atoms with Gasteiger partial charge in [-0.2, -0.15) is 0 Å². The monoisotopic (exact) mass is 229 g/mol. The molecule has 0 aliphatic carbocycles. The van der Waals surface area contributed by atoms with E-state index in [0.29, 0.717) is 5.75 Å². The molecule has 2 atom stereocenters. The molecule has 2 heterocycles. The second-order valence-electron chi connectivity index (χ2n) is 3.88. The zero-order chi connectivity index (χ0) is 10.8. The Labute approximate surface area is 93.0 Å².